The summed E-state index contributed by atoms with van der Waals surface area (Å²) in [5.74, 6) is -1.58. The third-order valence-electron chi connectivity index (χ3n) is 3.50. The average molecular weight is 305 g/mol. The van der Waals surface area contributed by atoms with E-state index in [0.717, 1.165) is 43.9 Å². The number of nitrogens with two attached hydrogens (primary N) is 1. The predicted molar refractivity (Wildman–Crippen MR) is 75.9 cm³/mol. The molecule has 0 bridgehead atoms. The summed E-state index contributed by atoms with van der Waals surface area (Å²) in [6.45, 7) is 0.505. The van der Waals surface area contributed by atoms with Gasteiger partial charge in [0.2, 0.25) is 0 Å². The molecule has 3 N–H and O–H groups in total. The Morgan fingerprint density at radius 2 is 1.90 bits per heavy atom. The third-order valence-corrected chi connectivity index (χ3v) is 3.50. The van der Waals surface area contributed by atoms with Gasteiger partial charge in [0.25, 0.3) is 5.91 Å². The molecule has 1 aromatic carbocycles. The molecule has 1 aromatic rings. The smallest absolute Gasteiger partial charge is 0.251 e. The fraction of sp³-hybridized carbons (Fsp3) is 0.500. The van der Waals surface area contributed by atoms with Crippen LogP contribution in [0, 0.1) is 17.6 Å². The molecule has 2 unspecified atom stereocenters. The van der Waals surface area contributed by atoms with Crippen molar-refractivity contribution in [1.82, 2.24) is 5.32 Å². The van der Waals surface area contributed by atoms with E-state index in [0.29, 0.717) is 12.5 Å². The van der Waals surface area contributed by atoms with Gasteiger partial charge < -0.3 is 11.1 Å². The van der Waals surface area contributed by atoms with Crippen LogP contribution in [0.25, 0.3) is 0 Å². The number of carbonyl (C=O) groups excluding carboxylic acids is 1. The highest BCUT2D eigenvalue weighted by molar-refractivity contribution is 5.94. The molecule has 1 fully saturated rings. The zero-order chi connectivity index (χ0) is 13.8. The fourth-order valence-corrected chi connectivity index (χ4v) is 2.54. The summed E-state index contributed by atoms with van der Waals surface area (Å²) < 4.78 is 26.0. The molecule has 1 aliphatic rings. The second-order valence-corrected chi connectivity index (χ2v) is 5.16. The number of nitrogens with one attached hydrogen (secondary N) is 1. The molecule has 2 rings (SSSR count). The Hall–Kier alpha value is -1.20. The van der Waals surface area contributed by atoms with Crippen LogP contribution in [-0.2, 0) is 0 Å². The minimum absolute atomic E-state index is 0. The van der Waals surface area contributed by atoms with E-state index in [1.54, 1.807) is 0 Å². The first kappa shape index (κ1) is 16.9. The molecule has 3 nitrogen and oxygen atoms in total. The first-order chi connectivity index (χ1) is 9.04. The van der Waals surface area contributed by atoms with Gasteiger partial charge in [-0.15, -0.1) is 12.4 Å². The topological polar surface area (TPSA) is 55.1 Å². The van der Waals surface area contributed by atoms with Crippen LogP contribution in [0.15, 0.2) is 18.2 Å². The Bertz CT molecular complexity index is 450. The van der Waals surface area contributed by atoms with Crippen molar-refractivity contribution in [2.75, 3.05) is 6.54 Å². The highest BCUT2D eigenvalue weighted by Gasteiger charge is 2.20. The standard InChI is InChI=1S/C14H18F2N2O.ClH/c15-11-5-10(6-12(16)7-11)14(19)18-8-9-2-1-3-13(17)4-9;/h5-7,9,13H,1-4,8,17H2,(H,18,19);1H. The molecule has 112 valence electrons. The van der Waals surface area contributed by atoms with Crippen molar-refractivity contribution < 1.29 is 13.6 Å². The lowest BCUT2D eigenvalue weighted by molar-refractivity contribution is 0.0941. The maximum atomic E-state index is 13.0. The number of hydrogen-bond donors (Lipinski definition) is 2. The quantitative estimate of drug-likeness (QED) is 0.902. The van der Waals surface area contributed by atoms with Crippen molar-refractivity contribution >= 4 is 18.3 Å². The van der Waals surface area contributed by atoms with Gasteiger partial charge in [-0.05, 0) is 37.3 Å². The number of amides is 1. The average Bonchev–Trinajstić information content (AvgIpc) is 2.35. The summed E-state index contributed by atoms with van der Waals surface area (Å²) in [7, 11) is 0. The summed E-state index contributed by atoms with van der Waals surface area (Å²) in [4.78, 5) is 11.8. The first-order valence-corrected chi connectivity index (χ1v) is 6.54. The van der Waals surface area contributed by atoms with Crippen LogP contribution >= 0.6 is 12.4 Å². The van der Waals surface area contributed by atoms with Crippen LogP contribution in [0.2, 0.25) is 0 Å². The second kappa shape index (κ2) is 7.55. The fourth-order valence-electron chi connectivity index (χ4n) is 2.54. The van der Waals surface area contributed by atoms with Gasteiger partial charge in [-0.2, -0.15) is 0 Å². The molecule has 0 spiro atoms. The molecule has 0 radical (unpaired) electrons. The van der Waals surface area contributed by atoms with Crippen molar-refractivity contribution in [3.63, 3.8) is 0 Å². The summed E-state index contributed by atoms with van der Waals surface area (Å²) in [6, 6.07) is 3.01. The maximum Gasteiger partial charge on any atom is 0.251 e. The van der Waals surface area contributed by atoms with E-state index < -0.39 is 17.5 Å². The van der Waals surface area contributed by atoms with Crippen LogP contribution in [0.3, 0.4) is 0 Å². The monoisotopic (exact) mass is 304 g/mol. The van der Waals surface area contributed by atoms with Crippen molar-refractivity contribution in [2.45, 2.75) is 31.7 Å². The van der Waals surface area contributed by atoms with Crippen molar-refractivity contribution in [3.05, 3.63) is 35.4 Å². The summed E-state index contributed by atoms with van der Waals surface area (Å²) in [6.07, 6.45) is 4.01. The van der Waals surface area contributed by atoms with Gasteiger partial charge in [-0.1, -0.05) is 6.42 Å². The van der Waals surface area contributed by atoms with Crippen LogP contribution in [0.5, 0.6) is 0 Å². The molecule has 6 heteroatoms. The van der Waals surface area contributed by atoms with Gasteiger partial charge in [0.05, 0.1) is 0 Å². The van der Waals surface area contributed by atoms with E-state index in [-0.39, 0.29) is 24.0 Å². The second-order valence-electron chi connectivity index (χ2n) is 5.16. The molecule has 1 amide bonds. The normalized spacial score (nSPS) is 21.9. The molecule has 1 aliphatic carbocycles. The third kappa shape index (κ3) is 4.72. The molecule has 0 saturated heterocycles. The highest BCUT2D eigenvalue weighted by atomic mass is 35.5. The molecular formula is C14H19ClF2N2O. The van der Waals surface area contributed by atoms with Gasteiger partial charge in [0.1, 0.15) is 11.6 Å². The number of rotatable bonds is 3. The lowest BCUT2D eigenvalue weighted by Gasteiger charge is -2.26. The van der Waals surface area contributed by atoms with Crippen LogP contribution in [0.1, 0.15) is 36.0 Å². The van der Waals surface area contributed by atoms with E-state index in [2.05, 4.69) is 5.32 Å². The van der Waals surface area contributed by atoms with E-state index >= 15 is 0 Å². The molecular weight excluding hydrogens is 286 g/mol. The maximum absolute atomic E-state index is 13.0. The molecule has 1 saturated carbocycles. The molecule has 2 atom stereocenters. The number of carbonyl (C=O) groups is 1. The first-order valence-electron chi connectivity index (χ1n) is 6.54. The van der Waals surface area contributed by atoms with Crippen molar-refractivity contribution in [1.29, 1.82) is 0 Å². The SMILES string of the molecule is Cl.NC1CCCC(CNC(=O)c2cc(F)cc(F)c2)C1. The summed E-state index contributed by atoms with van der Waals surface area (Å²) in [5.41, 5.74) is 5.88. The minimum Gasteiger partial charge on any atom is -0.352 e. The van der Waals surface area contributed by atoms with Gasteiger partial charge in [-0.25, -0.2) is 8.78 Å². The van der Waals surface area contributed by atoms with Crippen molar-refractivity contribution in [2.24, 2.45) is 11.7 Å². The number of halogens is 3. The van der Waals surface area contributed by atoms with Gasteiger partial charge >= 0.3 is 0 Å². The predicted octanol–water partition coefficient (Wildman–Crippen LogP) is 2.63. The number of benzene rings is 1. The zero-order valence-corrected chi connectivity index (χ0v) is 11.9. The Morgan fingerprint density at radius 3 is 2.50 bits per heavy atom. The summed E-state index contributed by atoms with van der Waals surface area (Å²) in [5, 5.41) is 2.72. The van der Waals surface area contributed by atoms with E-state index in [1.807, 2.05) is 0 Å². The lowest BCUT2D eigenvalue weighted by atomic mass is 9.86. The van der Waals surface area contributed by atoms with Gasteiger partial charge in [-0.3, -0.25) is 4.79 Å². The number of hydrogen-bond acceptors (Lipinski definition) is 2. The molecule has 0 aliphatic heterocycles. The Morgan fingerprint density at radius 1 is 1.25 bits per heavy atom. The van der Waals surface area contributed by atoms with E-state index in [4.69, 9.17) is 5.73 Å². The van der Waals surface area contributed by atoms with Crippen LogP contribution in [0.4, 0.5) is 8.78 Å². The Balaban J connectivity index is 0.00000200. The summed E-state index contributed by atoms with van der Waals surface area (Å²) >= 11 is 0. The van der Waals surface area contributed by atoms with Crippen molar-refractivity contribution in [3.8, 4) is 0 Å². The van der Waals surface area contributed by atoms with E-state index in [1.165, 1.54) is 0 Å². The molecule has 0 aromatic heterocycles. The van der Waals surface area contributed by atoms with Crippen LogP contribution < -0.4 is 11.1 Å². The molecule has 0 heterocycles. The van der Waals surface area contributed by atoms with Gasteiger partial charge in [0, 0.05) is 24.2 Å². The van der Waals surface area contributed by atoms with Gasteiger partial charge in [0.15, 0.2) is 0 Å². The highest BCUT2D eigenvalue weighted by Crippen LogP contribution is 2.22. The van der Waals surface area contributed by atoms with Crippen LogP contribution in [-0.4, -0.2) is 18.5 Å². The largest absolute Gasteiger partial charge is 0.352 e. The van der Waals surface area contributed by atoms with E-state index in [9.17, 15) is 13.6 Å². The Labute approximate surface area is 123 Å². The minimum atomic E-state index is -0.746. The Kier molecular flexibility index (Phi) is 6.36. The molecule has 20 heavy (non-hydrogen) atoms. The lowest BCUT2D eigenvalue weighted by Crippen LogP contribution is -2.35. The zero-order valence-electron chi connectivity index (χ0n) is 11.1.